The van der Waals surface area contributed by atoms with Crippen molar-refractivity contribution in [3.8, 4) is 0 Å². The lowest BCUT2D eigenvalue weighted by Gasteiger charge is -2.00. The predicted octanol–water partition coefficient (Wildman–Crippen LogP) is 1.20. The van der Waals surface area contributed by atoms with Gasteiger partial charge in [0.25, 0.3) is 0 Å². The van der Waals surface area contributed by atoms with Crippen LogP contribution in [0.1, 0.15) is 0 Å². The highest BCUT2D eigenvalue weighted by Crippen LogP contribution is 2.10. The van der Waals surface area contributed by atoms with Gasteiger partial charge in [0.05, 0.1) is 37.4 Å². The average molecular weight is 237 g/mol. The number of ether oxygens (including phenoxy) is 1. The van der Waals surface area contributed by atoms with Crippen molar-refractivity contribution in [2.75, 3.05) is 19.0 Å². The normalized spacial score (nSPS) is 10.5. The molecule has 0 bridgehead atoms. The van der Waals surface area contributed by atoms with Gasteiger partial charge in [-0.2, -0.15) is 5.10 Å². The van der Waals surface area contributed by atoms with E-state index in [4.69, 9.17) is 4.74 Å². The number of anilines is 2. The van der Waals surface area contributed by atoms with Crippen LogP contribution in [0.3, 0.4) is 0 Å². The van der Waals surface area contributed by atoms with Gasteiger partial charge in [-0.05, 0) is 0 Å². The molecule has 0 aliphatic heterocycles. The summed E-state index contributed by atoms with van der Waals surface area (Å²) >= 11 is 0. The molecule has 0 aromatic carbocycles. The van der Waals surface area contributed by atoms with E-state index in [-0.39, 0.29) is 0 Å². The Morgan fingerprint density at radius 3 is 2.82 bits per heavy atom. The van der Waals surface area contributed by atoms with Crippen molar-refractivity contribution in [1.82, 2.24) is 19.7 Å². The lowest BCUT2D eigenvalue weighted by Crippen LogP contribution is -2.04. The molecule has 0 atom stereocenters. The Hall–Kier alpha value is -2.02. The number of nitrogens with one attached hydrogen (secondary N) is 1. The predicted molar refractivity (Wildman–Crippen MR) is 59.4 cm³/mol. The zero-order valence-electron chi connectivity index (χ0n) is 9.30. The number of aromatic nitrogens is 4. The highest BCUT2D eigenvalue weighted by molar-refractivity contribution is 5.49. The van der Waals surface area contributed by atoms with E-state index in [1.54, 1.807) is 24.2 Å². The third kappa shape index (κ3) is 3.22. The maximum Gasteiger partial charge on any atom is 0.227 e. The summed E-state index contributed by atoms with van der Waals surface area (Å²) in [4.78, 5) is 7.57. The number of nitrogens with zero attached hydrogens (tertiary/aromatic N) is 4. The van der Waals surface area contributed by atoms with E-state index in [9.17, 15) is 4.39 Å². The summed E-state index contributed by atoms with van der Waals surface area (Å²) < 4.78 is 19.3. The van der Waals surface area contributed by atoms with Crippen LogP contribution in [0.5, 0.6) is 0 Å². The van der Waals surface area contributed by atoms with E-state index in [0.717, 1.165) is 18.1 Å². The molecule has 0 amide bonds. The number of hydrogen-bond donors (Lipinski definition) is 1. The van der Waals surface area contributed by atoms with E-state index >= 15 is 0 Å². The zero-order valence-corrected chi connectivity index (χ0v) is 9.30. The number of rotatable bonds is 5. The molecule has 1 N–H and O–H groups in total. The summed E-state index contributed by atoms with van der Waals surface area (Å²) in [6.45, 7) is 1.26. The highest BCUT2D eigenvalue weighted by Gasteiger charge is 2.01. The van der Waals surface area contributed by atoms with Crippen LogP contribution in [0, 0.1) is 5.82 Å². The first kappa shape index (κ1) is 11.5. The van der Waals surface area contributed by atoms with Gasteiger partial charge < -0.3 is 10.1 Å². The van der Waals surface area contributed by atoms with Crippen molar-refractivity contribution in [2.45, 2.75) is 6.54 Å². The van der Waals surface area contributed by atoms with Gasteiger partial charge in [-0.15, -0.1) is 0 Å². The Bertz CT molecular complexity index is 470. The van der Waals surface area contributed by atoms with Crippen LogP contribution in [0.15, 0.2) is 24.8 Å². The molecule has 0 spiro atoms. The van der Waals surface area contributed by atoms with Gasteiger partial charge in [-0.25, -0.2) is 14.4 Å². The van der Waals surface area contributed by atoms with Crippen LogP contribution in [0.25, 0.3) is 0 Å². The van der Waals surface area contributed by atoms with Crippen molar-refractivity contribution in [3.05, 3.63) is 30.6 Å². The molecule has 6 nitrogen and oxygen atoms in total. The highest BCUT2D eigenvalue weighted by atomic mass is 19.1. The molecule has 0 aliphatic rings. The molecule has 0 radical (unpaired) electrons. The van der Waals surface area contributed by atoms with Crippen molar-refractivity contribution >= 4 is 11.6 Å². The summed E-state index contributed by atoms with van der Waals surface area (Å²) in [6, 6.07) is 0. The smallest absolute Gasteiger partial charge is 0.227 e. The van der Waals surface area contributed by atoms with Crippen molar-refractivity contribution in [3.63, 3.8) is 0 Å². The molecule has 0 aliphatic carbocycles. The van der Waals surface area contributed by atoms with Gasteiger partial charge in [0.2, 0.25) is 5.95 Å². The molecular weight excluding hydrogens is 225 g/mol. The second-order valence-electron chi connectivity index (χ2n) is 3.33. The van der Waals surface area contributed by atoms with Crippen molar-refractivity contribution < 1.29 is 9.13 Å². The molecule has 2 rings (SSSR count). The molecule has 2 heterocycles. The third-order valence-corrected chi connectivity index (χ3v) is 2.03. The van der Waals surface area contributed by atoms with E-state index in [2.05, 4.69) is 20.4 Å². The van der Waals surface area contributed by atoms with E-state index in [1.165, 1.54) is 0 Å². The lowest BCUT2D eigenvalue weighted by molar-refractivity contribution is 0.183. The lowest BCUT2D eigenvalue weighted by atomic mass is 10.5. The molecule has 0 saturated heterocycles. The minimum Gasteiger partial charge on any atom is -0.383 e. The largest absolute Gasteiger partial charge is 0.383 e. The summed E-state index contributed by atoms with van der Waals surface area (Å²) in [5.41, 5.74) is 0.743. The van der Waals surface area contributed by atoms with Crippen LogP contribution in [-0.2, 0) is 11.3 Å². The Morgan fingerprint density at radius 2 is 2.12 bits per heavy atom. The number of methoxy groups -OCH3 is 1. The van der Waals surface area contributed by atoms with Gasteiger partial charge in [0.15, 0.2) is 5.82 Å². The minimum absolute atomic E-state index is 0.331. The minimum atomic E-state index is -0.466. The first-order valence-corrected chi connectivity index (χ1v) is 5.04. The van der Waals surface area contributed by atoms with Gasteiger partial charge in [0.1, 0.15) is 0 Å². The van der Waals surface area contributed by atoms with Crippen LogP contribution >= 0.6 is 0 Å². The van der Waals surface area contributed by atoms with Gasteiger partial charge in [0, 0.05) is 13.3 Å². The summed E-state index contributed by atoms with van der Waals surface area (Å²) in [6.07, 6.45) is 5.64. The third-order valence-electron chi connectivity index (χ3n) is 2.03. The quantitative estimate of drug-likeness (QED) is 0.846. The van der Waals surface area contributed by atoms with E-state index in [1.807, 2.05) is 0 Å². The fraction of sp³-hybridized carbons (Fsp3) is 0.300. The van der Waals surface area contributed by atoms with Crippen molar-refractivity contribution in [2.24, 2.45) is 0 Å². The Labute approximate surface area is 97.5 Å². The topological polar surface area (TPSA) is 64.9 Å². The van der Waals surface area contributed by atoms with E-state index < -0.39 is 5.82 Å². The second-order valence-corrected chi connectivity index (χ2v) is 3.33. The Kier molecular flexibility index (Phi) is 3.61. The fourth-order valence-corrected chi connectivity index (χ4v) is 1.24. The maximum atomic E-state index is 12.6. The number of halogens is 1. The molecule has 90 valence electrons. The molecule has 0 fully saturated rings. The van der Waals surface area contributed by atoms with Crippen LogP contribution in [-0.4, -0.2) is 33.5 Å². The fourth-order valence-electron chi connectivity index (χ4n) is 1.24. The first-order valence-electron chi connectivity index (χ1n) is 5.04. The van der Waals surface area contributed by atoms with Gasteiger partial charge in [-0.3, -0.25) is 4.68 Å². The Balaban J connectivity index is 1.98. The molecule has 17 heavy (non-hydrogen) atoms. The molecule has 7 heteroatoms. The number of hydrogen-bond acceptors (Lipinski definition) is 5. The molecule has 2 aromatic heterocycles. The monoisotopic (exact) mass is 237 g/mol. The standard InChI is InChI=1S/C10H12FN5O/c1-17-3-2-16-7-9(6-14-16)15-10-12-4-8(11)5-13-10/h4-7H,2-3H2,1H3,(H,12,13,15). The molecule has 0 saturated carbocycles. The molecule has 2 aromatic rings. The van der Waals surface area contributed by atoms with Crippen molar-refractivity contribution in [1.29, 1.82) is 0 Å². The zero-order chi connectivity index (χ0) is 12.1. The summed E-state index contributed by atoms with van der Waals surface area (Å²) in [7, 11) is 1.63. The maximum absolute atomic E-state index is 12.6. The first-order chi connectivity index (χ1) is 8.28. The van der Waals surface area contributed by atoms with Gasteiger partial charge in [-0.1, -0.05) is 0 Å². The van der Waals surface area contributed by atoms with Crippen LogP contribution in [0.4, 0.5) is 16.0 Å². The van der Waals surface area contributed by atoms with E-state index in [0.29, 0.717) is 19.1 Å². The second kappa shape index (κ2) is 5.35. The SMILES string of the molecule is COCCn1cc(Nc2ncc(F)cn2)cn1. The summed E-state index contributed by atoms with van der Waals surface area (Å²) in [5, 5.41) is 7.03. The molecule has 0 unspecified atom stereocenters. The Morgan fingerprint density at radius 1 is 1.35 bits per heavy atom. The van der Waals surface area contributed by atoms with Crippen LogP contribution < -0.4 is 5.32 Å². The molecular formula is C10H12FN5O. The summed E-state index contributed by atoms with van der Waals surface area (Å²) in [5.74, 6) is -0.135. The van der Waals surface area contributed by atoms with Crippen LogP contribution in [0.2, 0.25) is 0 Å². The van der Waals surface area contributed by atoms with Gasteiger partial charge >= 0.3 is 0 Å². The average Bonchev–Trinajstić information content (AvgIpc) is 2.77.